The number of aliphatic hydroxyl groups is 1. The zero-order valence-electron chi connectivity index (χ0n) is 10.6. The Hall–Kier alpha value is -0.0300. The van der Waals surface area contributed by atoms with Crippen molar-refractivity contribution in [1.82, 2.24) is 4.90 Å². The van der Waals surface area contributed by atoms with E-state index in [1.165, 1.54) is 0 Å². The summed E-state index contributed by atoms with van der Waals surface area (Å²) in [5.74, 6) is 1.09. The third kappa shape index (κ3) is 5.00. The van der Waals surface area contributed by atoms with Gasteiger partial charge in [0.05, 0.1) is 6.10 Å². The Labute approximate surface area is 117 Å². The van der Waals surface area contributed by atoms with Crippen LogP contribution < -0.4 is 0 Å². The lowest BCUT2D eigenvalue weighted by Gasteiger charge is -2.26. The Kier molecular flexibility index (Phi) is 6.55. The fourth-order valence-corrected chi connectivity index (χ4v) is 2.61. The number of thioether (sulfide) groups is 1. The predicted octanol–water partition coefficient (Wildman–Crippen LogP) is 3.17. The topological polar surface area (TPSA) is 23.5 Å². The van der Waals surface area contributed by atoms with E-state index in [0.29, 0.717) is 12.6 Å². The molecule has 0 amide bonds. The van der Waals surface area contributed by atoms with Crippen LogP contribution in [-0.2, 0) is 0 Å². The van der Waals surface area contributed by atoms with Gasteiger partial charge in [0, 0.05) is 22.8 Å². The first-order valence-electron chi connectivity index (χ1n) is 5.67. The van der Waals surface area contributed by atoms with Gasteiger partial charge < -0.3 is 5.11 Å². The van der Waals surface area contributed by atoms with E-state index >= 15 is 0 Å². The molecule has 0 radical (unpaired) electrons. The molecule has 0 saturated carbocycles. The van der Waals surface area contributed by atoms with Crippen LogP contribution in [0.5, 0.6) is 0 Å². The highest BCUT2D eigenvalue weighted by molar-refractivity contribution is 9.10. The van der Waals surface area contributed by atoms with Gasteiger partial charge in [0.1, 0.15) is 0 Å². The molecule has 0 bridgehead atoms. The summed E-state index contributed by atoms with van der Waals surface area (Å²) < 4.78 is 1.04. The van der Waals surface area contributed by atoms with Crippen LogP contribution in [0.4, 0.5) is 0 Å². The fraction of sp³-hybridized carbons (Fsp3) is 0.538. The molecule has 0 fully saturated rings. The third-order valence-corrected chi connectivity index (χ3v) is 4.22. The van der Waals surface area contributed by atoms with Gasteiger partial charge in [-0.05, 0) is 37.9 Å². The first kappa shape index (κ1) is 15.0. The molecule has 2 nitrogen and oxygen atoms in total. The number of rotatable bonds is 6. The van der Waals surface area contributed by atoms with E-state index in [1.54, 1.807) is 0 Å². The summed E-state index contributed by atoms with van der Waals surface area (Å²) in [6, 6.07) is 8.33. The monoisotopic (exact) mass is 317 g/mol. The maximum Gasteiger partial charge on any atom is 0.0916 e. The molecule has 0 aliphatic heterocycles. The lowest BCUT2D eigenvalue weighted by molar-refractivity contribution is 0.113. The van der Waals surface area contributed by atoms with Gasteiger partial charge in [0.15, 0.2) is 0 Å². The quantitative estimate of drug-likeness (QED) is 0.871. The van der Waals surface area contributed by atoms with Crippen LogP contribution >= 0.6 is 27.7 Å². The van der Waals surface area contributed by atoms with Crippen LogP contribution in [0, 0.1) is 0 Å². The maximum atomic E-state index is 10.1. The number of aliphatic hydroxyl groups excluding tert-OH is 1. The largest absolute Gasteiger partial charge is 0.387 e. The van der Waals surface area contributed by atoms with Crippen molar-refractivity contribution in [2.75, 3.05) is 25.6 Å². The van der Waals surface area contributed by atoms with Crippen molar-refractivity contribution in [3.05, 3.63) is 34.3 Å². The summed E-state index contributed by atoms with van der Waals surface area (Å²) in [5, 5.41) is 10.1. The second kappa shape index (κ2) is 7.41. The summed E-state index contributed by atoms with van der Waals surface area (Å²) in [6.45, 7) is 2.86. The molecule has 2 unspecified atom stereocenters. The molecule has 0 saturated heterocycles. The average molecular weight is 318 g/mol. The first-order chi connectivity index (χ1) is 8.04. The number of benzene rings is 1. The van der Waals surface area contributed by atoms with Crippen LogP contribution in [0.25, 0.3) is 0 Å². The highest BCUT2D eigenvalue weighted by Gasteiger charge is 2.14. The molecule has 17 heavy (non-hydrogen) atoms. The first-order valence-corrected chi connectivity index (χ1v) is 7.86. The zero-order chi connectivity index (χ0) is 12.8. The molecule has 96 valence electrons. The highest BCUT2D eigenvalue weighted by Crippen LogP contribution is 2.18. The SMILES string of the molecule is CSCC(C)N(C)CC(O)c1ccc(Br)cc1. The van der Waals surface area contributed by atoms with Gasteiger partial charge in [0.25, 0.3) is 0 Å². The number of hydrogen-bond donors (Lipinski definition) is 1. The Bertz CT molecular complexity index is 331. The molecule has 1 rings (SSSR count). The summed E-state index contributed by atoms with van der Waals surface area (Å²) in [5.41, 5.74) is 0.969. The predicted molar refractivity (Wildman–Crippen MR) is 79.6 cm³/mol. The molecule has 4 heteroatoms. The molecular weight excluding hydrogens is 298 g/mol. The minimum atomic E-state index is -0.419. The Morgan fingerprint density at radius 2 is 1.94 bits per heavy atom. The van der Waals surface area contributed by atoms with Crippen LogP contribution in [0.15, 0.2) is 28.7 Å². The molecule has 2 atom stereocenters. The molecular formula is C13H20BrNOS. The second-order valence-corrected chi connectivity index (χ2v) is 6.14. The second-order valence-electron chi connectivity index (χ2n) is 4.31. The lowest BCUT2D eigenvalue weighted by Crippen LogP contribution is -2.34. The number of nitrogens with zero attached hydrogens (tertiary/aromatic N) is 1. The molecule has 0 heterocycles. The minimum absolute atomic E-state index is 0.419. The lowest BCUT2D eigenvalue weighted by atomic mass is 10.1. The van der Waals surface area contributed by atoms with Gasteiger partial charge in [0.2, 0.25) is 0 Å². The summed E-state index contributed by atoms with van der Waals surface area (Å²) in [7, 11) is 2.06. The molecule has 0 aliphatic rings. The van der Waals surface area contributed by atoms with Crippen molar-refractivity contribution in [2.24, 2.45) is 0 Å². The van der Waals surface area contributed by atoms with Crippen molar-refractivity contribution in [1.29, 1.82) is 0 Å². The van der Waals surface area contributed by atoms with Crippen molar-refractivity contribution in [3.8, 4) is 0 Å². The van der Waals surface area contributed by atoms with E-state index in [2.05, 4.69) is 41.1 Å². The van der Waals surface area contributed by atoms with Crippen LogP contribution in [-0.4, -0.2) is 41.6 Å². The molecule has 0 aliphatic carbocycles. The Morgan fingerprint density at radius 3 is 2.47 bits per heavy atom. The molecule has 0 aromatic heterocycles. The number of likely N-dealkylation sites (N-methyl/N-ethyl adjacent to an activating group) is 1. The van der Waals surface area contributed by atoms with Crippen LogP contribution in [0.2, 0.25) is 0 Å². The van der Waals surface area contributed by atoms with E-state index in [0.717, 1.165) is 15.8 Å². The van der Waals surface area contributed by atoms with Crippen molar-refractivity contribution in [2.45, 2.75) is 19.1 Å². The normalized spacial score (nSPS) is 14.9. The number of hydrogen-bond acceptors (Lipinski definition) is 3. The average Bonchev–Trinajstić information content (AvgIpc) is 2.30. The highest BCUT2D eigenvalue weighted by atomic mass is 79.9. The van der Waals surface area contributed by atoms with E-state index < -0.39 is 6.10 Å². The van der Waals surface area contributed by atoms with E-state index in [4.69, 9.17) is 0 Å². The Morgan fingerprint density at radius 1 is 1.35 bits per heavy atom. The smallest absolute Gasteiger partial charge is 0.0916 e. The molecule has 1 N–H and O–H groups in total. The van der Waals surface area contributed by atoms with Crippen LogP contribution in [0.3, 0.4) is 0 Å². The maximum absolute atomic E-state index is 10.1. The van der Waals surface area contributed by atoms with Crippen molar-refractivity contribution < 1.29 is 5.11 Å². The molecule has 1 aromatic carbocycles. The Balaban J connectivity index is 2.53. The van der Waals surface area contributed by atoms with Gasteiger partial charge in [-0.1, -0.05) is 28.1 Å². The fourth-order valence-electron chi connectivity index (χ4n) is 1.61. The van der Waals surface area contributed by atoms with Gasteiger partial charge in [-0.15, -0.1) is 0 Å². The minimum Gasteiger partial charge on any atom is -0.387 e. The third-order valence-electron chi connectivity index (χ3n) is 2.88. The van der Waals surface area contributed by atoms with E-state index in [-0.39, 0.29) is 0 Å². The zero-order valence-corrected chi connectivity index (χ0v) is 13.0. The molecule has 0 spiro atoms. The van der Waals surface area contributed by atoms with Crippen molar-refractivity contribution in [3.63, 3.8) is 0 Å². The van der Waals surface area contributed by atoms with E-state index in [9.17, 15) is 5.11 Å². The summed E-state index contributed by atoms with van der Waals surface area (Å²) in [6.07, 6.45) is 1.69. The van der Waals surface area contributed by atoms with Crippen LogP contribution in [0.1, 0.15) is 18.6 Å². The summed E-state index contributed by atoms with van der Waals surface area (Å²) >= 11 is 5.23. The standard InChI is InChI=1S/C13H20BrNOS/c1-10(9-17-3)15(2)8-13(16)11-4-6-12(14)7-5-11/h4-7,10,13,16H,8-9H2,1-3H3. The van der Waals surface area contributed by atoms with Gasteiger partial charge in [-0.3, -0.25) is 4.90 Å². The van der Waals surface area contributed by atoms with Gasteiger partial charge in [-0.25, -0.2) is 0 Å². The van der Waals surface area contributed by atoms with Crippen molar-refractivity contribution >= 4 is 27.7 Å². The van der Waals surface area contributed by atoms with E-state index in [1.807, 2.05) is 36.0 Å². The van der Waals surface area contributed by atoms with Gasteiger partial charge in [-0.2, -0.15) is 11.8 Å². The summed E-state index contributed by atoms with van der Waals surface area (Å²) in [4.78, 5) is 2.20. The molecule has 1 aromatic rings. The van der Waals surface area contributed by atoms with Gasteiger partial charge >= 0.3 is 0 Å². The number of halogens is 1.